The summed E-state index contributed by atoms with van der Waals surface area (Å²) in [7, 11) is 2.16. The molecular formula is C16H30N2O. The molecule has 0 radical (unpaired) electrons. The first kappa shape index (κ1) is 16.3. The van der Waals surface area contributed by atoms with Gasteiger partial charge in [0.1, 0.15) is 11.5 Å². The second kappa shape index (κ2) is 7.11. The van der Waals surface area contributed by atoms with Crippen molar-refractivity contribution in [2.75, 3.05) is 20.1 Å². The molecule has 110 valence electrons. The summed E-state index contributed by atoms with van der Waals surface area (Å²) in [6, 6.07) is 4.60. The maximum Gasteiger partial charge on any atom is 0.118 e. The van der Waals surface area contributed by atoms with Crippen molar-refractivity contribution >= 4 is 0 Å². The average Bonchev–Trinajstić information content (AvgIpc) is 2.70. The molecule has 1 aromatic heterocycles. The molecule has 1 unspecified atom stereocenters. The molecule has 1 atom stereocenters. The molecule has 0 aliphatic heterocycles. The monoisotopic (exact) mass is 266 g/mol. The number of nitrogens with one attached hydrogen (secondary N) is 1. The van der Waals surface area contributed by atoms with Gasteiger partial charge in [0.25, 0.3) is 0 Å². The number of rotatable bonds is 8. The molecule has 0 saturated heterocycles. The third kappa shape index (κ3) is 5.37. The first-order valence-electron chi connectivity index (χ1n) is 7.32. The predicted molar refractivity (Wildman–Crippen MR) is 81.3 cm³/mol. The van der Waals surface area contributed by atoms with Gasteiger partial charge in [-0.3, -0.25) is 4.90 Å². The number of hydrogen-bond acceptors (Lipinski definition) is 3. The highest BCUT2D eigenvalue weighted by molar-refractivity contribution is 5.05. The maximum atomic E-state index is 5.64. The maximum absolute atomic E-state index is 5.64. The topological polar surface area (TPSA) is 28.4 Å². The summed E-state index contributed by atoms with van der Waals surface area (Å²) in [5, 5.41) is 3.60. The highest BCUT2D eigenvalue weighted by Crippen LogP contribution is 2.22. The van der Waals surface area contributed by atoms with Crippen LogP contribution in [0, 0.1) is 12.3 Å². The van der Waals surface area contributed by atoms with Crippen molar-refractivity contribution in [3.05, 3.63) is 23.7 Å². The quantitative estimate of drug-likeness (QED) is 0.781. The lowest BCUT2D eigenvalue weighted by atomic mass is 9.84. The molecule has 3 nitrogen and oxygen atoms in total. The third-order valence-corrected chi connectivity index (χ3v) is 3.77. The SMILES string of the molecule is CCCNC(C)C(C)(C)CN(C)Cc1ccc(C)o1. The van der Waals surface area contributed by atoms with Gasteiger partial charge in [-0.1, -0.05) is 20.8 Å². The van der Waals surface area contributed by atoms with Gasteiger partial charge in [-0.15, -0.1) is 0 Å². The van der Waals surface area contributed by atoms with Crippen LogP contribution in [0.3, 0.4) is 0 Å². The van der Waals surface area contributed by atoms with Crippen LogP contribution >= 0.6 is 0 Å². The van der Waals surface area contributed by atoms with E-state index in [1.54, 1.807) is 0 Å². The Bertz CT molecular complexity index is 371. The molecule has 3 heteroatoms. The van der Waals surface area contributed by atoms with Crippen molar-refractivity contribution in [2.45, 2.75) is 53.6 Å². The van der Waals surface area contributed by atoms with Gasteiger partial charge in [-0.25, -0.2) is 0 Å². The predicted octanol–water partition coefficient (Wildman–Crippen LogP) is 3.43. The fourth-order valence-electron chi connectivity index (χ4n) is 2.36. The Morgan fingerprint density at radius 2 is 2.05 bits per heavy atom. The van der Waals surface area contributed by atoms with E-state index in [0.717, 1.165) is 31.2 Å². The highest BCUT2D eigenvalue weighted by Gasteiger charge is 2.27. The number of furan rings is 1. The van der Waals surface area contributed by atoms with Crippen molar-refractivity contribution in [3.63, 3.8) is 0 Å². The van der Waals surface area contributed by atoms with Crippen molar-refractivity contribution < 1.29 is 4.42 Å². The van der Waals surface area contributed by atoms with Crippen LogP contribution < -0.4 is 5.32 Å². The van der Waals surface area contributed by atoms with E-state index in [1.165, 1.54) is 6.42 Å². The van der Waals surface area contributed by atoms with E-state index in [2.05, 4.69) is 51.0 Å². The molecule has 0 aromatic carbocycles. The fraction of sp³-hybridized carbons (Fsp3) is 0.750. The van der Waals surface area contributed by atoms with Gasteiger partial charge >= 0.3 is 0 Å². The smallest absolute Gasteiger partial charge is 0.118 e. The van der Waals surface area contributed by atoms with Crippen LogP contribution in [0.15, 0.2) is 16.5 Å². The van der Waals surface area contributed by atoms with Gasteiger partial charge in [-0.05, 0) is 51.4 Å². The molecular weight excluding hydrogens is 236 g/mol. The standard InChI is InChI=1S/C16H30N2O/c1-7-10-17-14(3)16(4,5)12-18(6)11-15-9-8-13(2)19-15/h8-9,14,17H,7,10-12H2,1-6H3. The zero-order valence-corrected chi connectivity index (χ0v) is 13.4. The molecule has 19 heavy (non-hydrogen) atoms. The summed E-state index contributed by atoms with van der Waals surface area (Å²) < 4.78 is 5.64. The Morgan fingerprint density at radius 3 is 2.58 bits per heavy atom. The first-order chi connectivity index (χ1) is 8.85. The molecule has 1 N–H and O–H groups in total. The van der Waals surface area contributed by atoms with E-state index in [9.17, 15) is 0 Å². The molecule has 0 fully saturated rings. The van der Waals surface area contributed by atoms with Crippen LogP contribution in [0.1, 0.15) is 45.6 Å². The molecule has 0 amide bonds. The Kier molecular flexibility index (Phi) is 6.08. The van der Waals surface area contributed by atoms with Gasteiger partial charge in [-0.2, -0.15) is 0 Å². The van der Waals surface area contributed by atoms with Crippen molar-refractivity contribution in [1.82, 2.24) is 10.2 Å². The fourth-order valence-corrected chi connectivity index (χ4v) is 2.36. The zero-order chi connectivity index (χ0) is 14.5. The van der Waals surface area contributed by atoms with Gasteiger partial charge in [0.05, 0.1) is 6.54 Å². The largest absolute Gasteiger partial charge is 0.465 e. The van der Waals surface area contributed by atoms with Gasteiger partial charge in [0.2, 0.25) is 0 Å². The zero-order valence-electron chi connectivity index (χ0n) is 13.4. The lowest BCUT2D eigenvalue weighted by Crippen LogP contribution is -2.46. The lowest BCUT2D eigenvalue weighted by molar-refractivity contribution is 0.153. The summed E-state index contributed by atoms with van der Waals surface area (Å²) in [5.41, 5.74) is 0.242. The lowest BCUT2D eigenvalue weighted by Gasteiger charge is -2.36. The minimum absolute atomic E-state index is 0.242. The van der Waals surface area contributed by atoms with Crippen molar-refractivity contribution in [3.8, 4) is 0 Å². The second-order valence-corrected chi connectivity index (χ2v) is 6.35. The Labute approximate surface area is 118 Å². The van der Waals surface area contributed by atoms with Crippen LogP contribution in [0.5, 0.6) is 0 Å². The average molecular weight is 266 g/mol. The Morgan fingerprint density at radius 1 is 1.37 bits per heavy atom. The molecule has 0 aliphatic carbocycles. The number of nitrogens with zero attached hydrogens (tertiary/aromatic N) is 1. The van der Waals surface area contributed by atoms with Crippen LogP contribution in [-0.2, 0) is 6.54 Å². The molecule has 1 rings (SSSR count). The number of hydrogen-bond donors (Lipinski definition) is 1. The van der Waals surface area contributed by atoms with Gasteiger partial charge < -0.3 is 9.73 Å². The van der Waals surface area contributed by atoms with E-state index < -0.39 is 0 Å². The molecule has 0 spiro atoms. The minimum atomic E-state index is 0.242. The second-order valence-electron chi connectivity index (χ2n) is 6.35. The Balaban J connectivity index is 2.47. The number of aryl methyl sites for hydroxylation is 1. The molecule has 0 saturated carbocycles. The van der Waals surface area contributed by atoms with Crippen LogP contribution in [0.4, 0.5) is 0 Å². The minimum Gasteiger partial charge on any atom is -0.465 e. The molecule has 0 aliphatic rings. The summed E-state index contributed by atoms with van der Waals surface area (Å²) in [4.78, 5) is 2.34. The van der Waals surface area contributed by atoms with E-state index in [1.807, 2.05) is 13.0 Å². The van der Waals surface area contributed by atoms with Gasteiger partial charge in [0.15, 0.2) is 0 Å². The summed E-state index contributed by atoms with van der Waals surface area (Å²) in [6.45, 7) is 14.1. The molecule has 1 aromatic rings. The highest BCUT2D eigenvalue weighted by atomic mass is 16.3. The van der Waals surface area contributed by atoms with E-state index in [0.29, 0.717) is 6.04 Å². The normalized spacial score (nSPS) is 14.1. The first-order valence-corrected chi connectivity index (χ1v) is 7.32. The van der Waals surface area contributed by atoms with Crippen LogP contribution in [-0.4, -0.2) is 31.1 Å². The summed E-state index contributed by atoms with van der Waals surface area (Å²) in [5.74, 6) is 2.03. The van der Waals surface area contributed by atoms with Gasteiger partial charge in [0, 0.05) is 12.6 Å². The van der Waals surface area contributed by atoms with Crippen LogP contribution in [0.25, 0.3) is 0 Å². The molecule has 0 bridgehead atoms. The third-order valence-electron chi connectivity index (χ3n) is 3.77. The van der Waals surface area contributed by atoms with Crippen LogP contribution in [0.2, 0.25) is 0 Å². The van der Waals surface area contributed by atoms with E-state index in [-0.39, 0.29) is 5.41 Å². The summed E-state index contributed by atoms with van der Waals surface area (Å²) in [6.07, 6.45) is 1.18. The van der Waals surface area contributed by atoms with Crippen molar-refractivity contribution in [2.24, 2.45) is 5.41 Å². The van der Waals surface area contributed by atoms with Crippen molar-refractivity contribution in [1.29, 1.82) is 0 Å². The van der Waals surface area contributed by atoms with E-state index >= 15 is 0 Å². The Hall–Kier alpha value is -0.800. The molecule has 1 heterocycles. The summed E-state index contributed by atoms with van der Waals surface area (Å²) >= 11 is 0. The van der Waals surface area contributed by atoms with E-state index in [4.69, 9.17) is 4.42 Å².